The van der Waals surface area contributed by atoms with E-state index >= 15 is 0 Å². The lowest BCUT2D eigenvalue weighted by Gasteiger charge is -2.33. The van der Waals surface area contributed by atoms with Crippen molar-refractivity contribution in [2.45, 2.75) is 12.2 Å². The maximum atomic E-state index is 14.7. The minimum Gasteiger partial charge on any atom is -0.493 e. The number of ether oxygens (including phenoxy) is 2. The lowest BCUT2D eigenvalue weighted by atomic mass is 10.0. The minimum absolute atomic E-state index is 0.197. The second-order valence-corrected chi connectivity index (χ2v) is 5.72. The molecule has 4 nitrogen and oxygen atoms in total. The number of benzene rings is 2. The van der Waals surface area contributed by atoms with E-state index in [9.17, 15) is 17.6 Å². The molecule has 1 unspecified atom stereocenters. The van der Waals surface area contributed by atoms with E-state index in [2.05, 4.69) is 4.99 Å². The number of aliphatic imine (C=N–C) groups is 1. The summed E-state index contributed by atoms with van der Waals surface area (Å²) >= 11 is 0. The summed E-state index contributed by atoms with van der Waals surface area (Å²) in [5.74, 6) is 0.0772. The molecule has 3 rings (SSSR count). The summed E-state index contributed by atoms with van der Waals surface area (Å²) in [4.78, 5) is 4.88. The van der Waals surface area contributed by atoms with Gasteiger partial charge in [0, 0.05) is 0 Å². The van der Waals surface area contributed by atoms with E-state index < -0.39 is 23.6 Å². The van der Waals surface area contributed by atoms with Crippen LogP contribution < -0.4 is 14.4 Å². The van der Waals surface area contributed by atoms with Crippen molar-refractivity contribution in [2.24, 2.45) is 4.99 Å². The third-order valence-electron chi connectivity index (χ3n) is 4.14. The van der Waals surface area contributed by atoms with Crippen molar-refractivity contribution in [1.29, 1.82) is 0 Å². The summed E-state index contributed by atoms with van der Waals surface area (Å²) in [6, 6.07) is 8.52. The van der Waals surface area contributed by atoms with E-state index in [1.54, 1.807) is 12.1 Å². The maximum absolute atomic E-state index is 14.7. The number of rotatable bonds is 4. The summed E-state index contributed by atoms with van der Waals surface area (Å²) in [5.41, 5.74) is -0.682. The van der Waals surface area contributed by atoms with Crippen molar-refractivity contribution >= 4 is 12.0 Å². The third-order valence-corrected chi connectivity index (χ3v) is 4.14. The molecule has 142 valence electrons. The second-order valence-electron chi connectivity index (χ2n) is 5.72. The van der Waals surface area contributed by atoms with Gasteiger partial charge < -0.3 is 14.4 Å². The van der Waals surface area contributed by atoms with Crippen LogP contribution in [0.3, 0.4) is 0 Å². The van der Waals surface area contributed by atoms with Gasteiger partial charge in [-0.15, -0.1) is 0 Å². The molecule has 0 aliphatic carbocycles. The van der Waals surface area contributed by atoms with E-state index in [-0.39, 0.29) is 5.69 Å². The smallest absolute Gasteiger partial charge is 0.418 e. The molecule has 8 heteroatoms. The molecule has 0 saturated heterocycles. The Morgan fingerprint density at radius 1 is 1.00 bits per heavy atom. The molecular formula is C19H16F4N2O2. The van der Waals surface area contributed by atoms with E-state index in [1.807, 2.05) is 0 Å². The normalized spacial score (nSPS) is 16.9. The molecule has 0 N–H and O–H groups in total. The highest BCUT2D eigenvalue weighted by atomic mass is 19.4. The summed E-state index contributed by atoms with van der Waals surface area (Å²) < 4.78 is 65.3. The molecule has 1 atom stereocenters. The molecular weight excluding hydrogens is 364 g/mol. The topological polar surface area (TPSA) is 34.1 Å². The summed E-state index contributed by atoms with van der Waals surface area (Å²) in [7, 11) is 2.88. The SMILES string of the molecule is COc1ccc(C2C(F)=CN=CN2c2ccccc2C(F)(F)F)cc1OC. The molecule has 0 fully saturated rings. The lowest BCUT2D eigenvalue weighted by Crippen LogP contribution is -2.31. The van der Waals surface area contributed by atoms with Crippen molar-refractivity contribution in [1.82, 2.24) is 0 Å². The van der Waals surface area contributed by atoms with Crippen LogP contribution in [0.15, 0.2) is 59.5 Å². The molecule has 2 aromatic rings. The first kappa shape index (κ1) is 18.8. The van der Waals surface area contributed by atoms with Gasteiger partial charge in [0.05, 0.1) is 38.0 Å². The van der Waals surface area contributed by atoms with E-state index in [4.69, 9.17) is 9.47 Å². The zero-order valence-corrected chi connectivity index (χ0v) is 14.5. The molecule has 0 radical (unpaired) electrons. The average molecular weight is 380 g/mol. The third kappa shape index (κ3) is 3.60. The van der Waals surface area contributed by atoms with Gasteiger partial charge in [0.25, 0.3) is 0 Å². The first-order valence-electron chi connectivity index (χ1n) is 7.92. The number of hydrogen-bond acceptors (Lipinski definition) is 4. The fourth-order valence-corrected chi connectivity index (χ4v) is 2.93. The predicted octanol–water partition coefficient (Wildman–Crippen LogP) is 5.12. The highest BCUT2D eigenvalue weighted by molar-refractivity contribution is 5.84. The zero-order valence-electron chi connectivity index (χ0n) is 14.5. The summed E-state index contributed by atoms with van der Waals surface area (Å²) in [5, 5.41) is 0. The number of para-hydroxylation sites is 1. The number of anilines is 1. The first-order chi connectivity index (χ1) is 12.9. The molecule has 1 aliphatic heterocycles. The quantitative estimate of drug-likeness (QED) is 0.690. The fraction of sp³-hybridized carbons (Fsp3) is 0.211. The highest BCUT2D eigenvalue weighted by Gasteiger charge is 2.37. The molecule has 0 spiro atoms. The minimum atomic E-state index is -4.59. The average Bonchev–Trinajstić information content (AvgIpc) is 2.66. The Labute approximate surface area is 153 Å². The predicted molar refractivity (Wildman–Crippen MR) is 93.9 cm³/mol. The Kier molecular flexibility index (Phi) is 5.07. The molecule has 0 bridgehead atoms. The molecule has 2 aromatic carbocycles. The Hall–Kier alpha value is -3.03. The van der Waals surface area contributed by atoms with Crippen LogP contribution in [0.1, 0.15) is 17.2 Å². The van der Waals surface area contributed by atoms with E-state index in [1.165, 1.54) is 44.8 Å². The number of methoxy groups -OCH3 is 2. The van der Waals surface area contributed by atoms with Crippen LogP contribution in [0.25, 0.3) is 0 Å². The van der Waals surface area contributed by atoms with Crippen molar-refractivity contribution < 1.29 is 27.0 Å². The molecule has 0 saturated carbocycles. The molecule has 1 heterocycles. The van der Waals surface area contributed by atoms with Crippen LogP contribution in [-0.4, -0.2) is 20.6 Å². The zero-order chi connectivity index (χ0) is 19.6. The van der Waals surface area contributed by atoms with Gasteiger partial charge in [-0.1, -0.05) is 18.2 Å². The van der Waals surface area contributed by atoms with Gasteiger partial charge in [-0.3, -0.25) is 0 Å². The van der Waals surface area contributed by atoms with Gasteiger partial charge in [0.15, 0.2) is 11.5 Å². The largest absolute Gasteiger partial charge is 0.493 e. The van der Waals surface area contributed by atoms with Crippen LogP contribution in [0.2, 0.25) is 0 Å². The van der Waals surface area contributed by atoms with Crippen LogP contribution in [0, 0.1) is 0 Å². The Morgan fingerprint density at radius 3 is 2.37 bits per heavy atom. The van der Waals surface area contributed by atoms with Crippen LogP contribution in [-0.2, 0) is 6.18 Å². The van der Waals surface area contributed by atoms with E-state index in [0.717, 1.165) is 17.2 Å². The monoisotopic (exact) mass is 380 g/mol. The Balaban J connectivity index is 2.12. The van der Waals surface area contributed by atoms with Gasteiger partial charge in [0.1, 0.15) is 11.9 Å². The number of nitrogens with zero attached hydrogens (tertiary/aromatic N) is 2. The summed E-state index contributed by atoms with van der Waals surface area (Å²) in [6.45, 7) is 0. The van der Waals surface area contributed by atoms with E-state index in [0.29, 0.717) is 17.1 Å². The van der Waals surface area contributed by atoms with Gasteiger partial charge >= 0.3 is 6.18 Å². The van der Waals surface area contributed by atoms with Crippen LogP contribution >= 0.6 is 0 Å². The Morgan fingerprint density at radius 2 is 1.70 bits per heavy atom. The fourth-order valence-electron chi connectivity index (χ4n) is 2.93. The number of halogens is 4. The van der Waals surface area contributed by atoms with Crippen LogP contribution in [0.4, 0.5) is 23.2 Å². The molecule has 0 aromatic heterocycles. The maximum Gasteiger partial charge on any atom is 0.418 e. The summed E-state index contributed by atoms with van der Waals surface area (Å²) in [6.07, 6.45) is -2.44. The van der Waals surface area contributed by atoms with Gasteiger partial charge in [-0.2, -0.15) is 13.2 Å². The molecule has 27 heavy (non-hydrogen) atoms. The number of alkyl halides is 3. The van der Waals surface area contributed by atoms with Gasteiger partial charge in [-0.05, 0) is 29.8 Å². The molecule has 1 aliphatic rings. The first-order valence-corrected chi connectivity index (χ1v) is 7.92. The number of hydrogen-bond donors (Lipinski definition) is 0. The highest BCUT2D eigenvalue weighted by Crippen LogP contribution is 2.43. The van der Waals surface area contributed by atoms with Gasteiger partial charge in [-0.25, -0.2) is 9.38 Å². The van der Waals surface area contributed by atoms with Crippen molar-refractivity contribution in [3.05, 3.63) is 65.6 Å². The van der Waals surface area contributed by atoms with Gasteiger partial charge in [0.2, 0.25) is 0 Å². The Bertz CT molecular complexity index is 894. The van der Waals surface area contributed by atoms with Crippen molar-refractivity contribution in [2.75, 3.05) is 19.1 Å². The standard InChI is InChI=1S/C19H16F4N2O2/c1-26-16-8-7-12(9-17(16)27-2)18-14(20)10-24-11-25(18)15-6-4-3-5-13(15)19(21,22)23/h3-11,18H,1-2H3. The second kappa shape index (κ2) is 7.30. The van der Waals surface area contributed by atoms with Crippen molar-refractivity contribution in [3.63, 3.8) is 0 Å². The lowest BCUT2D eigenvalue weighted by molar-refractivity contribution is -0.137. The van der Waals surface area contributed by atoms with Crippen LogP contribution in [0.5, 0.6) is 11.5 Å². The molecule has 0 amide bonds. The van der Waals surface area contributed by atoms with Crippen molar-refractivity contribution in [3.8, 4) is 11.5 Å².